The van der Waals surface area contributed by atoms with Crippen LogP contribution in [0.1, 0.15) is 23.2 Å². The predicted octanol–water partition coefficient (Wildman–Crippen LogP) is 2.45. The fraction of sp³-hybridized carbons (Fsp3) is 0.385. The molecule has 0 heterocycles. The van der Waals surface area contributed by atoms with Gasteiger partial charge in [0.05, 0.1) is 17.1 Å². The van der Waals surface area contributed by atoms with Gasteiger partial charge in [0.1, 0.15) is 0 Å². The van der Waals surface area contributed by atoms with E-state index in [-0.39, 0.29) is 18.4 Å². The van der Waals surface area contributed by atoms with E-state index in [2.05, 4.69) is 21.2 Å². The number of hydrogen-bond acceptors (Lipinski definition) is 2. The summed E-state index contributed by atoms with van der Waals surface area (Å²) < 4.78 is 0.663. The van der Waals surface area contributed by atoms with Crippen LogP contribution in [0, 0.1) is 0 Å². The molecule has 0 aliphatic heterocycles. The van der Waals surface area contributed by atoms with Crippen LogP contribution in [-0.2, 0) is 4.79 Å². The van der Waals surface area contributed by atoms with Crippen LogP contribution in [0.3, 0.4) is 0 Å². The zero-order valence-electron chi connectivity index (χ0n) is 10.5. The van der Waals surface area contributed by atoms with Crippen molar-refractivity contribution < 1.29 is 9.59 Å². The summed E-state index contributed by atoms with van der Waals surface area (Å²) in [5, 5.41) is 3.20. The number of carbonyl (C=O) groups excluding carboxylic acids is 2. The molecule has 0 unspecified atom stereocenters. The number of likely N-dealkylation sites (N-methyl/N-ethyl adjacent to an activating group) is 1. The Hall–Kier alpha value is -1.07. The van der Waals surface area contributed by atoms with E-state index in [1.165, 1.54) is 4.90 Å². The van der Waals surface area contributed by atoms with Crippen molar-refractivity contribution in [1.29, 1.82) is 0 Å². The first kappa shape index (κ1) is 14.3. The molecule has 0 radical (unpaired) electrons. The Morgan fingerprint density at radius 3 is 2.79 bits per heavy atom. The minimum Gasteiger partial charge on any atom is -0.352 e. The summed E-state index contributed by atoms with van der Waals surface area (Å²) in [5.41, 5.74) is 0.387. The Kier molecular flexibility index (Phi) is 4.47. The van der Waals surface area contributed by atoms with Crippen LogP contribution >= 0.6 is 27.5 Å². The van der Waals surface area contributed by atoms with Gasteiger partial charge in [-0.05, 0) is 40.9 Å². The number of benzene rings is 1. The molecule has 0 saturated heterocycles. The first-order valence-electron chi connectivity index (χ1n) is 5.98. The summed E-state index contributed by atoms with van der Waals surface area (Å²) in [6.07, 6.45) is 2.06. The number of amides is 2. The molecular formula is C13H14BrClN2O2. The molecule has 19 heavy (non-hydrogen) atoms. The van der Waals surface area contributed by atoms with E-state index in [0.29, 0.717) is 21.1 Å². The fourth-order valence-electron chi connectivity index (χ4n) is 1.66. The summed E-state index contributed by atoms with van der Waals surface area (Å²) >= 11 is 9.34. The SMILES string of the molecule is CN(CC(=O)NC1CC1)C(=O)c1cccc(Br)c1Cl. The summed E-state index contributed by atoms with van der Waals surface area (Å²) in [6, 6.07) is 5.44. The Balaban J connectivity index is 2.01. The second-order valence-corrected chi connectivity index (χ2v) is 5.84. The molecule has 2 amide bonds. The van der Waals surface area contributed by atoms with Crippen molar-refractivity contribution in [3.05, 3.63) is 33.3 Å². The molecule has 1 aliphatic carbocycles. The van der Waals surface area contributed by atoms with Crippen molar-refractivity contribution >= 4 is 39.3 Å². The zero-order valence-corrected chi connectivity index (χ0v) is 12.8. The average Bonchev–Trinajstić information content (AvgIpc) is 3.15. The molecule has 2 rings (SSSR count). The van der Waals surface area contributed by atoms with Crippen LogP contribution in [0.25, 0.3) is 0 Å². The van der Waals surface area contributed by atoms with E-state index >= 15 is 0 Å². The van der Waals surface area contributed by atoms with E-state index in [1.807, 2.05) is 0 Å². The van der Waals surface area contributed by atoms with Gasteiger partial charge < -0.3 is 10.2 Å². The number of nitrogens with zero attached hydrogens (tertiary/aromatic N) is 1. The van der Waals surface area contributed by atoms with E-state index in [0.717, 1.165) is 12.8 Å². The van der Waals surface area contributed by atoms with Crippen LogP contribution in [0.4, 0.5) is 0 Å². The van der Waals surface area contributed by atoms with E-state index in [4.69, 9.17) is 11.6 Å². The van der Waals surface area contributed by atoms with Gasteiger partial charge in [-0.25, -0.2) is 0 Å². The molecule has 1 aromatic rings. The lowest BCUT2D eigenvalue weighted by atomic mass is 10.2. The molecule has 1 saturated carbocycles. The Morgan fingerprint density at radius 1 is 1.47 bits per heavy atom. The quantitative estimate of drug-likeness (QED) is 0.911. The molecule has 0 spiro atoms. The lowest BCUT2D eigenvalue weighted by Gasteiger charge is -2.17. The Morgan fingerprint density at radius 2 is 2.16 bits per heavy atom. The maximum atomic E-state index is 12.2. The molecule has 1 N–H and O–H groups in total. The van der Waals surface area contributed by atoms with Crippen molar-refractivity contribution in [3.63, 3.8) is 0 Å². The molecule has 0 bridgehead atoms. The van der Waals surface area contributed by atoms with Crippen molar-refractivity contribution in [3.8, 4) is 0 Å². The second kappa shape index (κ2) is 5.92. The van der Waals surface area contributed by atoms with Crippen LogP contribution in [-0.4, -0.2) is 36.3 Å². The lowest BCUT2D eigenvalue weighted by molar-refractivity contribution is -0.121. The molecule has 102 valence electrons. The number of halogens is 2. The van der Waals surface area contributed by atoms with Gasteiger partial charge in [0.25, 0.3) is 5.91 Å². The monoisotopic (exact) mass is 344 g/mol. The second-order valence-electron chi connectivity index (χ2n) is 4.60. The molecule has 4 nitrogen and oxygen atoms in total. The molecule has 6 heteroatoms. The molecule has 1 aliphatic rings. The van der Waals surface area contributed by atoms with Crippen molar-refractivity contribution in [1.82, 2.24) is 10.2 Å². The predicted molar refractivity (Wildman–Crippen MR) is 77.3 cm³/mol. The Labute approximate surface area is 125 Å². The van der Waals surface area contributed by atoms with Gasteiger partial charge in [-0.1, -0.05) is 17.7 Å². The maximum absolute atomic E-state index is 12.2. The summed E-state index contributed by atoms with van der Waals surface area (Å²) in [7, 11) is 1.59. The standard InChI is InChI=1S/C13H14BrClN2O2/c1-17(7-11(18)16-8-5-6-8)13(19)9-3-2-4-10(14)12(9)15/h2-4,8H,5-7H2,1H3,(H,16,18). The van der Waals surface area contributed by atoms with Gasteiger partial charge in [-0.3, -0.25) is 9.59 Å². The smallest absolute Gasteiger partial charge is 0.255 e. The first-order valence-corrected chi connectivity index (χ1v) is 7.15. The molecule has 1 aromatic carbocycles. The maximum Gasteiger partial charge on any atom is 0.255 e. The van der Waals surface area contributed by atoms with Gasteiger partial charge >= 0.3 is 0 Å². The normalized spacial score (nSPS) is 14.1. The van der Waals surface area contributed by atoms with E-state index < -0.39 is 0 Å². The zero-order chi connectivity index (χ0) is 14.0. The number of hydrogen-bond donors (Lipinski definition) is 1. The summed E-state index contributed by atoms with van der Waals surface area (Å²) in [4.78, 5) is 25.2. The highest BCUT2D eigenvalue weighted by Gasteiger charge is 2.25. The summed E-state index contributed by atoms with van der Waals surface area (Å²) in [6.45, 7) is 0.0399. The average molecular weight is 346 g/mol. The highest BCUT2D eigenvalue weighted by Crippen LogP contribution is 2.26. The van der Waals surface area contributed by atoms with Gasteiger partial charge in [0, 0.05) is 17.6 Å². The van der Waals surface area contributed by atoms with E-state index in [9.17, 15) is 9.59 Å². The minimum absolute atomic E-state index is 0.0399. The number of rotatable bonds is 4. The third-order valence-corrected chi connectivity index (χ3v) is 4.15. The van der Waals surface area contributed by atoms with Crippen LogP contribution < -0.4 is 5.32 Å². The molecule has 0 aromatic heterocycles. The van der Waals surface area contributed by atoms with Gasteiger partial charge in [0.2, 0.25) is 5.91 Å². The topological polar surface area (TPSA) is 49.4 Å². The highest BCUT2D eigenvalue weighted by molar-refractivity contribution is 9.10. The van der Waals surface area contributed by atoms with Crippen molar-refractivity contribution in [2.45, 2.75) is 18.9 Å². The van der Waals surface area contributed by atoms with Gasteiger partial charge in [-0.2, -0.15) is 0 Å². The fourth-order valence-corrected chi connectivity index (χ4v) is 2.24. The molecule has 0 atom stereocenters. The molecule has 1 fully saturated rings. The highest BCUT2D eigenvalue weighted by atomic mass is 79.9. The van der Waals surface area contributed by atoms with Crippen LogP contribution in [0.5, 0.6) is 0 Å². The lowest BCUT2D eigenvalue weighted by Crippen LogP contribution is -2.39. The first-order chi connectivity index (χ1) is 8.99. The molecular weight excluding hydrogens is 332 g/mol. The van der Waals surface area contributed by atoms with Gasteiger partial charge in [-0.15, -0.1) is 0 Å². The van der Waals surface area contributed by atoms with Crippen molar-refractivity contribution in [2.24, 2.45) is 0 Å². The van der Waals surface area contributed by atoms with Crippen molar-refractivity contribution in [2.75, 3.05) is 13.6 Å². The minimum atomic E-state index is -0.266. The third-order valence-electron chi connectivity index (χ3n) is 2.85. The largest absolute Gasteiger partial charge is 0.352 e. The van der Waals surface area contributed by atoms with Crippen LogP contribution in [0.2, 0.25) is 5.02 Å². The third kappa shape index (κ3) is 3.70. The Bertz CT molecular complexity index is 517. The van der Waals surface area contributed by atoms with Gasteiger partial charge in [0.15, 0.2) is 0 Å². The van der Waals surface area contributed by atoms with Crippen LogP contribution in [0.15, 0.2) is 22.7 Å². The summed E-state index contributed by atoms with van der Waals surface area (Å²) in [5.74, 6) is -0.401. The van der Waals surface area contributed by atoms with E-state index in [1.54, 1.807) is 25.2 Å². The number of nitrogens with one attached hydrogen (secondary N) is 1. The number of carbonyl (C=O) groups is 2.